The second-order valence-corrected chi connectivity index (χ2v) is 6.93. The summed E-state index contributed by atoms with van der Waals surface area (Å²) in [5.41, 5.74) is 0.884. The molecule has 0 saturated carbocycles. The van der Waals surface area contributed by atoms with Gasteiger partial charge in [0.15, 0.2) is 5.82 Å². The van der Waals surface area contributed by atoms with Crippen LogP contribution in [0, 0.1) is 0 Å². The number of ether oxygens (including phenoxy) is 1. The number of hydrogen-bond donors (Lipinski definition) is 0. The number of nitrogens with zero attached hydrogens (tertiary/aromatic N) is 4. The third-order valence-corrected chi connectivity index (χ3v) is 5.03. The lowest BCUT2D eigenvalue weighted by molar-refractivity contribution is 0.0346. The van der Waals surface area contributed by atoms with E-state index in [-0.39, 0.29) is 0 Å². The summed E-state index contributed by atoms with van der Waals surface area (Å²) in [6.07, 6.45) is 3.55. The molecule has 4 rings (SSSR count). The maximum absolute atomic E-state index is 5.95. The van der Waals surface area contributed by atoms with Crippen molar-refractivity contribution < 1.29 is 4.74 Å². The second kappa shape index (κ2) is 6.49. The molecule has 0 aliphatic carbocycles. The summed E-state index contributed by atoms with van der Waals surface area (Å²) in [5.74, 6) is 0.682. The van der Waals surface area contributed by atoms with Gasteiger partial charge in [-0.1, -0.05) is 11.6 Å². The van der Waals surface area contributed by atoms with Gasteiger partial charge < -0.3 is 4.74 Å². The molecule has 3 aromatic rings. The molecule has 0 N–H and O–H groups in total. The molecule has 0 radical (unpaired) electrons. The normalized spacial score (nSPS) is 16.0. The zero-order valence-electron chi connectivity index (χ0n) is 12.4. The van der Waals surface area contributed by atoms with Gasteiger partial charge in [0.05, 0.1) is 13.2 Å². The standard InChI is InChI=1S/C16H15ClN4OS/c17-14-8-11(1-2-18-14)15-19-9-12-7-13(23-16(12)20-15)10-21-3-5-22-6-4-21/h1-2,7-9H,3-6,10H2. The van der Waals surface area contributed by atoms with E-state index in [9.17, 15) is 0 Å². The van der Waals surface area contributed by atoms with Crippen molar-refractivity contribution >= 4 is 33.2 Å². The van der Waals surface area contributed by atoms with Crippen LogP contribution in [-0.4, -0.2) is 46.2 Å². The number of pyridine rings is 1. The topological polar surface area (TPSA) is 51.1 Å². The summed E-state index contributed by atoms with van der Waals surface area (Å²) in [6.45, 7) is 4.55. The molecular formula is C16H15ClN4OS. The first-order valence-corrected chi connectivity index (χ1v) is 8.65. The summed E-state index contributed by atoms with van der Waals surface area (Å²) in [5, 5.41) is 1.53. The number of rotatable bonds is 3. The molecule has 0 spiro atoms. The van der Waals surface area contributed by atoms with Crippen molar-refractivity contribution in [1.82, 2.24) is 19.9 Å². The van der Waals surface area contributed by atoms with Gasteiger partial charge >= 0.3 is 0 Å². The van der Waals surface area contributed by atoms with E-state index >= 15 is 0 Å². The minimum atomic E-state index is 0.449. The van der Waals surface area contributed by atoms with Crippen LogP contribution in [0.5, 0.6) is 0 Å². The van der Waals surface area contributed by atoms with Crippen LogP contribution in [0.15, 0.2) is 30.6 Å². The number of hydrogen-bond acceptors (Lipinski definition) is 6. The van der Waals surface area contributed by atoms with Crippen LogP contribution in [0.1, 0.15) is 4.88 Å². The number of morpholine rings is 1. The minimum absolute atomic E-state index is 0.449. The molecule has 0 bridgehead atoms. The number of halogens is 1. The Balaban J connectivity index is 1.61. The Morgan fingerprint density at radius 3 is 2.91 bits per heavy atom. The fourth-order valence-electron chi connectivity index (χ4n) is 2.62. The average molecular weight is 347 g/mol. The van der Waals surface area contributed by atoms with Crippen LogP contribution in [0.3, 0.4) is 0 Å². The van der Waals surface area contributed by atoms with Crippen molar-refractivity contribution in [3.63, 3.8) is 0 Å². The van der Waals surface area contributed by atoms with Crippen LogP contribution in [0.2, 0.25) is 5.15 Å². The summed E-state index contributed by atoms with van der Waals surface area (Å²) >= 11 is 7.67. The Bertz CT molecular complexity index is 832. The van der Waals surface area contributed by atoms with Gasteiger partial charge in [-0.25, -0.2) is 15.0 Å². The number of aromatic nitrogens is 3. The van der Waals surface area contributed by atoms with Crippen LogP contribution in [0.25, 0.3) is 21.6 Å². The molecule has 23 heavy (non-hydrogen) atoms. The number of thiophene rings is 1. The molecule has 118 valence electrons. The second-order valence-electron chi connectivity index (χ2n) is 5.42. The Morgan fingerprint density at radius 1 is 1.22 bits per heavy atom. The molecule has 3 aromatic heterocycles. The van der Waals surface area contributed by atoms with Gasteiger partial charge in [0, 0.05) is 47.9 Å². The van der Waals surface area contributed by atoms with Gasteiger partial charge in [-0.3, -0.25) is 4.90 Å². The van der Waals surface area contributed by atoms with Gasteiger partial charge in [-0.15, -0.1) is 11.3 Å². The molecule has 0 unspecified atom stereocenters. The van der Waals surface area contributed by atoms with E-state index in [4.69, 9.17) is 16.3 Å². The first kappa shape index (κ1) is 15.0. The predicted molar refractivity (Wildman–Crippen MR) is 91.8 cm³/mol. The molecule has 1 aliphatic rings. The Morgan fingerprint density at radius 2 is 2.09 bits per heavy atom. The van der Waals surface area contributed by atoms with Crippen LogP contribution in [-0.2, 0) is 11.3 Å². The molecule has 7 heteroatoms. The summed E-state index contributed by atoms with van der Waals surface area (Å²) in [4.78, 5) is 17.8. The molecule has 0 amide bonds. The lowest BCUT2D eigenvalue weighted by Gasteiger charge is -2.25. The van der Waals surface area contributed by atoms with Crippen molar-refractivity contribution in [2.75, 3.05) is 26.3 Å². The summed E-state index contributed by atoms with van der Waals surface area (Å²) < 4.78 is 5.39. The van der Waals surface area contributed by atoms with E-state index in [1.165, 1.54) is 4.88 Å². The van der Waals surface area contributed by atoms with Crippen molar-refractivity contribution in [2.45, 2.75) is 6.54 Å². The molecule has 1 saturated heterocycles. The van der Waals surface area contributed by atoms with Crippen molar-refractivity contribution in [3.8, 4) is 11.4 Å². The third kappa shape index (κ3) is 3.35. The first-order valence-electron chi connectivity index (χ1n) is 7.45. The fraction of sp³-hybridized carbons (Fsp3) is 0.312. The van der Waals surface area contributed by atoms with Crippen LogP contribution >= 0.6 is 22.9 Å². The molecule has 1 aliphatic heterocycles. The van der Waals surface area contributed by atoms with Crippen molar-refractivity contribution in [2.24, 2.45) is 0 Å². The third-order valence-electron chi connectivity index (χ3n) is 3.79. The molecule has 1 fully saturated rings. The zero-order valence-corrected chi connectivity index (χ0v) is 14.0. The Labute approximate surface area is 142 Å². The zero-order chi connectivity index (χ0) is 15.6. The van der Waals surface area contributed by atoms with Gasteiger partial charge in [-0.05, 0) is 18.2 Å². The first-order chi connectivity index (χ1) is 11.3. The van der Waals surface area contributed by atoms with Gasteiger partial charge in [0.2, 0.25) is 0 Å². The summed E-state index contributed by atoms with van der Waals surface area (Å²) in [6, 6.07) is 5.83. The van der Waals surface area contributed by atoms with E-state index in [1.807, 2.05) is 12.3 Å². The van der Waals surface area contributed by atoms with E-state index in [1.54, 1.807) is 23.6 Å². The molecule has 0 atom stereocenters. The maximum Gasteiger partial charge on any atom is 0.160 e. The maximum atomic E-state index is 5.95. The fourth-order valence-corrected chi connectivity index (χ4v) is 3.84. The van der Waals surface area contributed by atoms with Gasteiger partial charge in [0.1, 0.15) is 9.98 Å². The van der Waals surface area contributed by atoms with Crippen molar-refractivity contribution in [3.05, 3.63) is 40.6 Å². The van der Waals surface area contributed by atoms with Gasteiger partial charge in [-0.2, -0.15) is 0 Å². The molecule has 4 heterocycles. The molecular weight excluding hydrogens is 332 g/mol. The number of fused-ring (bicyclic) bond motifs is 1. The van der Waals surface area contributed by atoms with Crippen LogP contribution < -0.4 is 0 Å². The largest absolute Gasteiger partial charge is 0.379 e. The van der Waals surface area contributed by atoms with E-state index in [0.29, 0.717) is 11.0 Å². The Hall–Kier alpha value is -1.60. The van der Waals surface area contributed by atoms with Crippen molar-refractivity contribution in [1.29, 1.82) is 0 Å². The SMILES string of the molecule is Clc1cc(-c2ncc3cc(CN4CCOCC4)sc3n2)ccn1. The highest BCUT2D eigenvalue weighted by Gasteiger charge is 2.13. The van der Waals surface area contributed by atoms with Gasteiger partial charge in [0.25, 0.3) is 0 Å². The lowest BCUT2D eigenvalue weighted by Crippen LogP contribution is -2.35. The monoisotopic (exact) mass is 346 g/mol. The molecule has 0 aromatic carbocycles. The van der Waals surface area contributed by atoms with E-state index in [0.717, 1.165) is 48.6 Å². The predicted octanol–water partition coefficient (Wildman–Crippen LogP) is 3.24. The summed E-state index contributed by atoms with van der Waals surface area (Å²) in [7, 11) is 0. The van der Waals surface area contributed by atoms with Crippen LogP contribution in [0.4, 0.5) is 0 Å². The highest BCUT2D eigenvalue weighted by molar-refractivity contribution is 7.18. The quantitative estimate of drug-likeness (QED) is 0.681. The molecule has 5 nitrogen and oxygen atoms in total. The average Bonchev–Trinajstić information content (AvgIpc) is 2.97. The van der Waals surface area contributed by atoms with E-state index < -0.39 is 0 Å². The van der Waals surface area contributed by atoms with E-state index in [2.05, 4.69) is 25.9 Å². The Kier molecular flexibility index (Phi) is 4.22. The lowest BCUT2D eigenvalue weighted by atomic mass is 10.2. The minimum Gasteiger partial charge on any atom is -0.379 e. The highest BCUT2D eigenvalue weighted by atomic mass is 35.5. The highest BCUT2D eigenvalue weighted by Crippen LogP contribution is 2.27. The smallest absolute Gasteiger partial charge is 0.160 e.